The van der Waals surface area contributed by atoms with Gasteiger partial charge < -0.3 is 10.6 Å². The van der Waals surface area contributed by atoms with E-state index in [4.69, 9.17) is 0 Å². The van der Waals surface area contributed by atoms with E-state index >= 15 is 0 Å². The number of hydrogen-bond acceptors (Lipinski definition) is 1. The lowest BCUT2D eigenvalue weighted by Gasteiger charge is -2.23. The number of aryl methyl sites for hydroxylation is 1. The molecule has 1 aliphatic rings. The lowest BCUT2D eigenvalue weighted by molar-refractivity contribution is 0.244. The molecule has 0 unspecified atom stereocenters. The number of anilines is 1. The fourth-order valence-corrected chi connectivity index (χ4v) is 2.68. The molecule has 0 atom stereocenters. The van der Waals surface area contributed by atoms with E-state index in [1.54, 1.807) is 0 Å². The zero-order valence-corrected chi connectivity index (χ0v) is 12.2. The van der Waals surface area contributed by atoms with Gasteiger partial charge in [0.1, 0.15) is 0 Å². The minimum atomic E-state index is -0.0944. The molecule has 2 N–H and O–H groups in total. The number of benzene rings is 1. The number of amides is 2. The Morgan fingerprint density at radius 3 is 2.72 bits per heavy atom. The molecule has 3 nitrogen and oxygen atoms in total. The SMILES string of the molecule is Cc1ccc(Br)cc1NC(=O)NC1CCCCC1. The predicted octanol–water partition coefficient (Wildman–Crippen LogP) is 4.21. The standard InChI is InChI=1S/C14H19BrN2O/c1-10-7-8-11(15)9-13(10)17-14(18)16-12-5-3-2-4-6-12/h7-9,12H,2-6H2,1H3,(H2,16,17,18). The van der Waals surface area contributed by atoms with Crippen molar-refractivity contribution in [1.29, 1.82) is 0 Å². The summed E-state index contributed by atoms with van der Waals surface area (Å²) < 4.78 is 0.973. The third kappa shape index (κ3) is 3.73. The lowest BCUT2D eigenvalue weighted by atomic mass is 9.96. The highest BCUT2D eigenvalue weighted by Crippen LogP contribution is 2.21. The number of rotatable bonds is 2. The Labute approximate surface area is 116 Å². The molecule has 98 valence electrons. The first kappa shape index (κ1) is 13.4. The molecule has 0 aromatic heterocycles. The van der Waals surface area contributed by atoms with Gasteiger partial charge in [0.2, 0.25) is 0 Å². The molecule has 0 saturated heterocycles. The molecule has 1 aromatic carbocycles. The number of carbonyl (C=O) groups is 1. The average Bonchev–Trinajstić information content (AvgIpc) is 2.35. The van der Waals surface area contributed by atoms with Gasteiger partial charge in [-0.2, -0.15) is 0 Å². The van der Waals surface area contributed by atoms with Gasteiger partial charge in [-0.3, -0.25) is 0 Å². The Morgan fingerprint density at radius 2 is 2.00 bits per heavy atom. The van der Waals surface area contributed by atoms with Crippen LogP contribution in [0.5, 0.6) is 0 Å². The maximum atomic E-state index is 11.9. The summed E-state index contributed by atoms with van der Waals surface area (Å²) in [5, 5.41) is 5.97. The molecule has 2 rings (SSSR count). The fraction of sp³-hybridized carbons (Fsp3) is 0.500. The minimum Gasteiger partial charge on any atom is -0.335 e. The van der Waals surface area contributed by atoms with Crippen LogP contribution < -0.4 is 10.6 Å². The monoisotopic (exact) mass is 310 g/mol. The molecule has 1 fully saturated rings. The summed E-state index contributed by atoms with van der Waals surface area (Å²) in [5.41, 5.74) is 1.93. The molecule has 0 aliphatic heterocycles. The van der Waals surface area contributed by atoms with Crippen LogP contribution in [0.25, 0.3) is 0 Å². The lowest BCUT2D eigenvalue weighted by Crippen LogP contribution is -2.39. The number of hydrogen-bond donors (Lipinski definition) is 2. The number of carbonyl (C=O) groups excluding carboxylic acids is 1. The largest absolute Gasteiger partial charge is 0.335 e. The second-order valence-electron chi connectivity index (χ2n) is 4.89. The van der Waals surface area contributed by atoms with Crippen molar-refractivity contribution in [3.8, 4) is 0 Å². The van der Waals surface area contributed by atoms with Gasteiger partial charge in [-0.15, -0.1) is 0 Å². The second-order valence-corrected chi connectivity index (χ2v) is 5.81. The maximum Gasteiger partial charge on any atom is 0.319 e. The van der Waals surface area contributed by atoms with E-state index in [0.717, 1.165) is 28.6 Å². The van der Waals surface area contributed by atoms with Crippen LogP contribution in [0.1, 0.15) is 37.7 Å². The van der Waals surface area contributed by atoms with Crippen molar-refractivity contribution >= 4 is 27.6 Å². The third-order valence-electron chi connectivity index (χ3n) is 3.39. The normalized spacial score (nSPS) is 16.3. The first-order chi connectivity index (χ1) is 8.65. The Hall–Kier alpha value is -1.03. The van der Waals surface area contributed by atoms with Crippen molar-refractivity contribution < 1.29 is 4.79 Å². The highest BCUT2D eigenvalue weighted by Gasteiger charge is 2.15. The summed E-state index contributed by atoms with van der Waals surface area (Å²) >= 11 is 3.41. The number of halogens is 1. The third-order valence-corrected chi connectivity index (χ3v) is 3.88. The van der Waals surface area contributed by atoms with Gasteiger partial charge in [-0.05, 0) is 37.5 Å². The van der Waals surface area contributed by atoms with Crippen LogP contribution in [-0.4, -0.2) is 12.1 Å². The minimum absolute atomic E-state index is 0.0944. The Balaban J connectivity index is 1.92. The van der Waals surface area contributed by atoms with Crippen LogP contribution >= 0.6 is 15.9 Å². The molecule has 1 aliphatic carbocycles. The quantitative estimate of drug-likeness (QED) is 0.844. The van der Waals surface area contributed by atoms with Crippen LogP contribution in [0, 0.1) is 6.92 Å². The number of nitrogens with one attached hydrogen (secondary N) is 2. The summed E-state index contributed by atoms with van der Waals surface area (Å²) in [4.78, 5) is 11.9. The zero-order chi connectivity index (χ0) is 13.0. The van der Waals surface area contributed by atoms with Gasteiger partial charge in [0, 0.05) is 16.2 Å². The van der Waals surface area contributed by atoms with E-state index < -0.39 is 0 Å². The summed E-state index contributed by atoms with van der Waals surface area (Å²) in [7, 11) is 0. The molecule has 1 aromatic rings. The van der Waals surface area contributed by atoms with Crippen molar-refractivity contribution in [2.75, 3.05) is 5.32 Å². The van der Waals surface area contributed by atoms with Gasteiger partial charge in [-0.25, -0.2) is 4.79 Å². The molecule has 0 radical (unpaired) electrons. The van der Waals surface area contributed by atoms with Gasteiger partial charge in [-0.1, -0.05) is 41.3 Å². The molecule has 0 bridgehead atoms. The van der Waals surface area contributed by atoms with Gasteiger partial charge in [0.25, 0.3) is 0 Å². The van der Waals surface area contributed by atoms with Crippen LogP contribution in [0.3, 0.4) is 0 Å². The van der Waals surface area contributed by atoms with Gasteiger partial charge in [0.05, 0.1) is 0 Å². The highest BCUT2D eigenvalue weighted by atomic mass is 79.9. The second kappa shape index (κ2) is 6.23. The Bertz CT molecular complexity index is 428. The van der Waals surface area contributed by atoms with Crippen molar-refractivity contribution in [2.24, 2.45) is 0 Å². The highest BCUT2D eigenvalue weighted by molar-refractivity contribution is 9.10. The Morgan fingerprint density at radius 1 is 1.28 bits per heavy atom. The molecular weight excluding hydrogens is 292 g/mol. The van der Waals surface area contributed by atoms with Gasteiger partial charge in [0.15, 0.2) is 0 Å². The van der Waals surface area contributed by atoms with E-state index in [-0.39, 0.29) is 6.03 Å². The molecular formula is C14H19BrN2O. The van der Waals surface area contributed by atoms with Crippen molar-refractivity contribution in [3.05, 3.63) is 28.2 Å². The van der Waals surface area contributed by atoms with Crippen LogP contribution in [0.15, 0.2) is 22.7 Å². The zero-order valence-electron chi connectivity index (χ0n) is 10.6. The molecule has 0 spiro atoms. The van der Waals surface area contributed by atoms with Crippen LogP contribution in [0.4, 0.5) is 10.5 Å². The topological polar surface area (TPSA) is 41.1 Å². The number of urea groups is 1. The van der Waals surface area contributed by atoms with Crippen molar-refractivity contribution in [3.63, 3.8) is 0 Å². The van der Waals surface area contributed by atoms with E-state index in [9.17, 15) is 4.79 Å². The van der Waals surface area contributed by atoms with Crippen LogP contribution in [-0.2, 0) is 0 Å². The summed E-state index contributed by atoms with van der Waals surface area (Å²) in [5.74, 6) is 0. The first-order valence-corrected chi connectivity index (χ1v) is 7.28. The first-order valence-electron chi connectivity index (χ1n) is 6.49. The molecule has 4 heteroatoms. The molecule has 2 amide bonds. The maximum absolute atomic E-state index is 11.9. The Kier molecular flexibility index (Phi) is 4.64. The summed E-state index contributed by atoms with van der Waals surface area (Å²) in [6.07, 6.45) is 5.95. The fourth-order valence-electron chi connectivity index (χ4n) is 2.32. The average molecular weight is 311 g/mol. The van der Waals surface area contributed by atoms with E-state index in [1.165, 1.54) is 19.3 Å². The van der Waals surface area contributed by atoms with Crippen LogP contribution in [0.2, 0.25) is 0 Å². The summed E-state index contributed by atoms with van der Waals surface area (Å²) in [6.45, 7) is 1.99. The van der Waals surface area contributed by atoms with Gasteiger partial charge >= 0.3 is 6.03 Å². The molecule has 0 heterocycles. The predicted molar refractivity (Wildman–Crippen MR) is 77.9 cm³/mol. The molecule has 1 saturated carbocycles. The van der Waals surface area contributed by atoms with Crippen molar-refractivity contribution in [1.82, 2.24) is 5.32 Å². The van der Waals surface area contributed by atoms with E-state index in [2.05, 4.69) is 26.6 Å². The smallest absolute Gasteiger partial charge is 0.319 e. The molecule has 18 heavy (non-hydrogen) atoms. The van der Waals surface area contributed by atoms with Crippen molar-refractivity contribution in [2.45, 2.75) is 45.1 Å². The van der Waals surface area contributed by atoms with E-state index in [0.29, 0.717) is 6.04 Å². The van der Waals surface area contributed by atoms with E-state index in [1.807, 2.05) is 25.1 Å². The summed E-state index contributed by atoms with van der Waals surface area (Å²) in [6, 6.07) is 6.13.